The van der Waals surface area contributed by atoms with Crippen molar-refractivity contribution < 1.29 is 0 Å². The van der Waals surface area contributed by atoms with Crippen LogP contribution in [0.3, 0.4) is 0 Å². The molecule has 0 saturated carbocycles. The van der Waals surface area contributed by atoms with Crippen molar-refractivity contribution in [2.24, 2.45) is 0 Å². The lowest BCUT2D eigenvalue weighted by molar-refractivity contribution is 1.06. The first-order valence-electron chi connectivity index (χ1n) is 33.8. The lowest BCUT2D eigenvalue weighted by Crippen LogP contribution is -2.61. The predicted octanol–water partition coefficient (Wildman–Crippen LogP) is 20.2. The molecule has 0 bridgehead atoms. The number of hydrogen-bond donors (Lipinski definition) is 0. The second-order valence-corrected chi connectivity index (χ2v) is 25.4. The lowest BCUT2D eigenvalue weighted by Gasteiger charge is -2.44. The summed E-state index contributed by atoms with van der Waals surface area (Å²) in [6, 6.07) is 125. The number of aromatic nitrogens is 7. The van der Waals surface area contributed by atoms with E-state index in [0.29, 0.717) is 34.9 Å². The minimum absolute atomic E-state index is 0.0239. The van der Waals surface area contributed by atoms with Crippen LogP contribution in [0, 0.1) is 0 Å². The normalized spacial score (nSPS) is 12.1. The van der Waals surface area contributed by atoms with Crippen LogP contribution in [0.1, 0.15) is 0 Å². The first-order chi connectivity index (χ1) is 49.6. The van der Waals surface area contributed by atoms with Gasteiger partial charge >= 0.3 is 0 Å². The van der Waals surface area contributed by atoms with Crippen LogP contribution in [-0.2, 0) is 0 Å². The summed E-state index contributed by atoms with van der Waals surface area (Å²) in [7, 11) is 0. The summed E-state index contributed by atoms with van der Waals surface area (Å²) in [4.78, 5) is 37.4. The minimum Gasteiger partial charge on any atom is -0.311 e. The molecule has 0 fully saturated rings. The Morgan fingerprint density at radius 3 is 1.00 bits per heavy atom. The molecule has 0 amide bonds. The van der Waals surface area contributed by atoms with E-state index in [2.05, 4.69) is 287 Å². The molecule has 0 spiro atoms. The molecule has 17 aromatic rings. The Morgan fingerprint density at radius 1 is 0.210 bits per heavy atom. The molecule has 466 valence electrons. The molecule has 0 unspecified atom stereocenters. The third-order valence-electron chi connectivity index (χ3n) is 19.4. The second-order valence-electron chi connectivity index (χ2n) is 25.4. The molecule has 9 nitrogen and oxygen atoms in total. The Morgan fingerprint density at radius 2 is 0.550 bits per heavy atom. The summed E-state index contributed by atoms with van der Waals surface area (Å²) in [5, 5.41) is 2.22. The van der Waals surface area contributed by atoms with Gasteiger partial charge in [0.1, 0.15) is 0 Å². The van der Waals surface area contributed by atoms with Crippen molar-refractivity contribution in [3.05, 3.63) is 352 Å². The number of hydrogen-bond acceptors (Lipinski definition) is 8. The monoisotopic (exact) mass is 1280 g/mol. The van der Waals surface area contributed by atoms with E-state index < -0.39 is 0 Å². The fourth-order valence-corrected chi connectivity index (χ4v) is 14.8. The molecular formula is C90H58BN9. The molecule has 2 aliphatic rings. The average molecular weight is 1280 g/mol. The quantitative estimate of drug-likeness (QED) is 0.112. The van der Waals surface area contributed by atoms with Crippen LogP contribution < -0.4 is 26.2 Å². The maximum atomic E-state index is 5.71. The third kappa shape index (κ3) is 10.1. The van der Waals surface area contributed by atoms with Crippen LogP contribution in [0.25, 0.3) is 129 Å². The van der Waals surface area contributed by atoms with Gasteiger partial charge in [-0.05, 0) is 147 Å². The van der Waals surface area contributed by atoms with Gasteiger partial charge in [-0.25, -0.2) is 29.9 Å². The van der Waals surface area contributed by atoms with E-state index in [1.54, 1.807) is 0 Å². The van der Waals surface area contributed by atoms with E-state index in [-0.39, 0.29) is 6.71 Å². The van der Waals surface area contributed by atoms with Crippen molar-refractivity contribution in [1.82, 2.24) is 34.5 Å². The highest BCUT2D eigenvalue weighted by atomic mass is 15.2. The van der Waals surface area contributed by atoms with E-state index >= 15 is 0 Å². The first kappa shape index (κ1) is 58.0. The molecule has 0 saturated heterocycles. The SMILES string of the molecule is c1ccc(-c2ccc3c(c2)c2cc(-c4ccccc4)ccc2n3-c2ccc(-c3nc(-c4ccccc4)nc(-c4ccccc4)n3)cc2-c2nc(-c3ccccc3)nc(-c3cccc(-c4cc5c6c(c4)N(c4ccccc4)c4ccccc4B6c4ccccc4N5c4ccccc4)c3)n2)cc1. The zero-order valence-electron chi connectivity index (χ0n) is 54.1. The number of fused-ring (bicyclic) bond motifs is 7. The van der Waals surface area contributed by atoms with Gasteiger partial charge in [-0.15, -0.1) is 0 Å². The van der Waals surface area contributed by atoms with E-state index in [4.69, 9.17) is 29.9 Å². The average Bonchev–Trinajstić information content (AvgIpc) is 0.714. The topological polar surface area (TPSA) is 88.7 Å². The highest BCUT2D eigenvalue weighted by molar-refractivity contribution is 7.00. The Balaban J connectivity index is 0.846. The van der Waals surface area contributed by atoms with Gasteiger partial charge in [0.05, 0.1) is 16.7 Å². The largest absolute Gasteiger partial charge is 0.311 e. The van der Waals surface area contributed by atoms with E-state index in [1.165, 1.54) is 16.4 Å². The highest BCUT2D eigenvalue weighted by Crippen LogP contribution is 2.47. The van der Waals surface area contributed by atoms with Gasteiger partial charge in [0.2, 0.25) is 0 Å². The Kier molecular flexibility index (Phi) is 14.1. The van der Waals surface area contributed by atoms with Crippen LogP contribution in [0.4, 0.5) is 34.1 Å². The van der Waals surface area contributed by atoms with Crippen LogP contribution in [0.5, 0.6) is 0 Å². The summed E-state index contributed by atoms with van der Waals surface area (Å²) < 4.78 is 2.37. The van der Waals surface area contributed by atoms with Crippen molar-refractivity contribution in [2.45, 2.75) is 0 Å². The van der Waals surface area contributed by atoms with Gasteiger partial charge in [0.15, 0.2) is 34.9 Å². The maximum absolute atomic E-state index is 5.71. The van der Waals surface area contributed by atoms with Gasteiger partial charge in [-0.2, -0.15) is 0 Å². The van der Waals surface area contributed by atoms with Crippen LogP contribution in [0.15, 0.2) is 352 Å². The summed E-state index contributed by atoms with van der Waals surface area (Å²) >= 11 is 0. The van der Waals surface area contributed by atoms with Gasteiger partial charge in [-0.1, -0.05) is 255 Å². The molecule has 19 rings (SSSR count). The summed E-state index contributed by atoms with van der Waals surface area (Å²) in [6.45, 7) is -0.0239. The maximum Gasteiger partial charge on any atom is 0.252 e. The summed E-state index contributed by atoms with van der Waals surface area (Å²) in [5.41, 5.74) is 24.9. The smallest absolute Gasteiger partial charge is 0.252 e. The van der Waals surface area contributed by atoms with Crippen LogP contribution in [-0.4, -0.2) is 41.2 Å². The molecule has 0 atom stereocenters. The zero-order valence-corrected chi connectivity index (χ0v) is 54.1. The van der Waals surface area contributed by atoms with Crippen molar-refractivity contribution in [2.75, 3.05) is 9.80 Å². The molecule has 2 aliphatic heterocycles. The molecule has 0 aliphatic carbocycles. The molecular weight excluding hydrogens is 1220 g/mol. The highest BCUT2D eigenvalue weighted by Gasteiger charge is 2.43. The zero-order chi connectivity index (χ0) is 66.0. The molecule has 100 heavy (non-hydrogen) atoms. The first-order valence-corrected chi connectivity index (χ1v) is 33.8. The molecule has 14 aromatic carbocycles. The Labute approximate surface area is 579 Å². The fourth-order valence-electron chi connectivity index (χ4n) is 14.8. The molecule has 0 radical (unpaired) electrons. The van der Waals surface area contributed by atoms with Crippen molar-refractivity contribution in [3.8, 4) is 107 Å². The number of anilines is 6. The van der Waals surface area contributed by atoms with E-state index in [9.17, 15) is 0 Å². The van der Waals surface area contributed by atoms with E-state index in [0.717, 1.165) is 128 Å². The van der Waals surface area contributed by atoms with Gasteiger partial charge in [0.25, 0.3) is 6.71 Å². The molecule has 3 aromatic heterocycles. The number of para-hydroxylation sites is 4. The standard InChI is InChI=1S/C90H58BN9/c1-8-27-59(28-9-1)65-47-50-77-72(54-65)73-55-66(60-29-10-2-11-30-60)48-51-78(73)100(77)79-52-49-68(89-93-85(61-31-12-3-13-32-61)92-86(94-89)62-33-14-4-15-34-62)56-74(79)90-96-87(63-35-16-5-17-36-63)95-88(97-90)67-38-26-37-64(53-67)69-57-82-84-83(58-69)99(71-41-20-7-21-42-71)81-46-25-23-44-76(81)91(84)75-43-22-24-45-80(75)98(82)70-39-18-6-19-40-70/h1-58H. The third-order valence-corrected chi connectivity index (χ3v) is 19.4. The minimum atomic E-state index is -0.0239. The van der Waals surface area contributed by atoms with E-state index in [1.807, 2.05) is 78.9 Å². The van der Waals surface area contributed by atoms with Gasteiger partial charge in [0, 0.05) is 78.3 Å². The molecule has 5 heterocycles. The Hall–Kier alpha value is -13.4. The number of nitrogens with zero attached hydrogens (tertiary/aromatic N) is 9. The predicted molar refractivity (Wildman–Crippen MR) is 410 cm³/mol. The van der Waals surface area contributed by atoms with Crippen LogP contribution >= 0.6 is 0 Å². The molecule has 0 N–H and O–H groups in total. The van der Waals surface area contributed by atoms with Crippen molar-refractivity contribution in [1.29, 1.82) is 0 Å². The van der Waals surface area contributed by atoms with Crippen LogP contribution in [0.2, 0.25) is 0 Å². The second kappa shape index (κ2) is 24.3. The lowest BCUT2D eigenvalue weighted by atomic mass is 9.33. The van der Waals surface area contributed by atoms with Crippen molar-refractivity contribution in [3.63, 3.8) is 0 Å². The molecule has 10 heteroatoms. The Bertz CT molecular complexity index is 5710. The summed E-state index contributed by atoms with van der Waals surface area (Å²) in [5.74, 6) is 3.15. The van der Waals surface area contributed by atoms with Gasteiger partial charge in [-0.3, -0.25) is 0 Å². The number of benzene rings is 14. The summed E-state index contributed by atoms with van der Waals surface area (Å²) in [6.07, 6.45) is 0. The van der Waals surface area contributed by atoms with Crippen molar-refractivity contribution >= 4 is 79.0 Å². The van der Waals surface area contributed by atoms with Gasteiger partial charge < -0.3 is 14.4 Å². The number of rotatable bonds is 12. The fraction of sp³-hybridized carbons (Fsp3) is 0.